The molecule has 1 amide bonds. The second kappa shape index (κ2) is 11.0. The van der Waals surface area contributed by atoms with Crippen molar-refractivity contribution in [3.63, 3.8) is 0 Å². The number of hydrogen-bond donors (Lipinski definition) is 3. The molecule has 6 nitrogen and oxygen atoms in total. The molecule has 1 rings (SSSR count). The predicted molar refractivity (Wildman–Crippen MR) is 90.7 cm³/mol. The molecule has 0 aliphatic rings. The van der Waals surface area contributed by atoms with Crippen molar-refractivity contribution in [2.75, 3.05) is 38.2 Å². The van der Waals surface area contributed by atoms with Crippen LogP contribution in [0.2, 0.25) is 0 Å². The smallest absolute Gasteiger partial charge is 0.221 e. The number of unbranched alkanes of at least 4 members (excludes halogenated alkanes) is 1. The number of nitrogens with zero attached hydrogens (tertiary/aromatic N) is 1. The summed E-state index contributed by atoms with van der Waals surface area (Å²) in [6, 6.07) is 7.01. The molecule has 3 N–H and O–H groups in total. The Morgan fingerprint density at radius 2 is 2.00 bits per heavy atom. The maximum Gasteiger partial charge on any atom is 0.221 e. The van der Waals surface area contributed by atoms with Gasteiger partial charge in [-0.05, 0) is 37.2 Å². The number of rotatable bonds is 11. The molecule has 0 radical (unpaired) electrons. The molecule has 6 heteroatoms. The van der Waals surface area contributed by atoms with Crippen molar-refractivity contribution in [1.82, 2.24) is 4.90 Å². The van der Waals surface area contributed by atoms with Gasteiger partial charge in [0.25, 0.3) is 0 Å². The van der Waals surface area contributed by atoms with E-state index in [9.17, 15) is 9.90 Å². The topological polar surface area (TPSA) is 82.0 Å². The molecule has 1 atom stereocenters. The lowest BCUT2D eigenvalue weighted by molar-refractivity contribution is -0.114. The Balaban J connectivity index is 2.38. The zero-order valence-electron chi connectivity index (χ0n) is 14.0. The Kier molecular flexibility index (Phi) is 9.28. The van der Waals surface area contributed by atoms with E-state index in [1.165, 1.54) is 6.92 Å². The molecule has 1 aromatic rings. The lowest BCUT2D eigenvalue weighted by Crippen LogP contribution is -2.37. The second-order valence-corrected chi connectivity index (χ2v) is 5.55. The van der Waals surface area contributed by atoms with Crippen LogP contribution in [-0.2, 0) is 4.79 Å². The Hall–Kier alpha value is -1.63. The van der Waals surface area contributed by atoms with E-state index >= 15 is 0 Å². The van der Waals surface area contributed by atoms with Crippen LogP contribution in [0.1, 0.15) is 26.7 Å². The van der Waals surface area contributed by atoms with E-state index in [-0.39, 0.29) is 19.1 Å². The van der Waals surface area contributed by atoms with Crippen LogP contribution in [0.25, 0.3) is 0 Å². The van der Waals surface area contributed by atoms with Gasteiger partial charge in [0, 0.05) is 25.7 Å². The predicted octanol–water partition coefficient (Wildman–Crippen LogP) is 1.48. The summed E-state index contributed by atoms with van der Waals surface area (Å²) < 4.78 is 5.56. The number of benzene rings is 1. The molecule has 130 valence electrons. The van der Waals surface area contributed by atoms with Gasteiger partial charge in [-0.2, -0.15) is 0 Å². The number of anilines is 1. The minimum atomic E-state index is -0.617. The molecule has 0 aliphatic carbocycles. The van der Waals surface area contributed by atoms with Gasteiger partial charge in [0.15, 0.2) is 0 Å². The standard InChI is InChI=1S/C17H28N2O4/c1-3-4-9-19(10-11-20)12-16(22)13-23-17-7-5-15(6-8-17)18-14(2)21/h5-8,16,20,22H,3-4,9-13H2,1-2H3,(H,18,21)/t16-/m0/s1. The van der Waals surface area contributed by atoms with E-state index in [2.05, 4.69) is 12.2 Å². The van der Waals surface area contributed by atoms with Crippen molar-refractivity contribution in [1.29, 1.82) is 0 Å². The number of amides is 1. The van der Waals surface area contributed by atoms with Crippen molar-refractivity contribution in [3.8, 4) is 5.75 Å². The second-order valence-electron chi connectivity index (χ2n) is 5.55. The third-order valence-corrected chi connectivity index (χ3v) is 3.33. The molecule has 23 heavy (non-hydrogen) atoms. The fourth-order valence-electron chi connectivity index (χ4n) is 2.20. The molecule has 0 heterocycles. The summed E-state index contributed by atoms with van der Waals surface area (Å²) in [6.07, 6.45) is 1.50. The first kappa shape index (κ1) is 19.4. The number of nitrogens with one attached hydrogen (secondary N) is 1. The number of aliphatic hydroxyl groups excluding tert-OH is 2. The SMILES string of the molecule is CCCCN(CCO)C[C@H](O)COc1ccc(NC(C)=O)cc1. The van der Waals surface area contributed by atoms with Gasteiger partial charge in [-0.3, -0.25) is 9.69 Å². The van der Waals surface area contributed by atoms with Gasteiger partial charge >= 0.3 is 0 Å². The zero-order chi connectivity index (χ0) is 17.1. The molecular formula is C17H28N2O4. The highest BCUT2D eigenvalue weighted by Gasteiger charge is 2.12. The van der Waals surface area contributed by atoms with Gasteiger partial charge in [0.1, 0.15) is 18.5 Å². The van der Waals surface area contributed by atoms with E-state index in [1.54, 1.807) is 24.3 Å². The van der Waals surface area contributed by atoms with Crippen LogP contribution in [0.3, 0.4) is 0 Å². The molecule has 0 saturated heterocycles. The van der Waals surface area contributed by atoms with E-state index in [1.807, 2.05) is 4.90 Å². The van der Waals surface area contributed by atoms with Gasteiger partial charge in [0.2, 0.25) is 5.91 Å². The van der Waals surface area contributed by atoms with Crippen LogP contribution in [0.15, 0.2) is 24.3 Å². The number of hydrogen-bond acceptors (Lipinski definition) is 5. The highest BCUT2D eigenvalue weighted by molar-refractivity contribution is 5.88. The highest BCUT2D eigenvalue weighted by atomic mass is 16.5. The van der Waals surface area contributed by atoms with Gasteiger partial charge in [-0.15, -0.1) is 0 Å². The summed E-state index contributed by atoms with van der Waals surface area (Å²) in [7, 11) is 0. The minimum Gasteiger partial charge on any atom is -0.491 e. The normalized spacial score (nSPS) is 12.2. The molecule has 0 aromatic heterocycles. The van der Waals surface area contributed by atoms with Crippen molar-refractivity contribution in [3.05, 3.63) is 24.3 Å². The Morgan fingerprint density at radius 3 is 2.57 bits per heavy atom. The molecule has 0 fully saturated rings. The van der Waals surface area contributed by atoms with Crippen molar-refractivity contribution in [2.45, 2.75) is 32.8 Å². The molecule has 0 saturated carbocycles. The van der Waals surface area contributed by atoms with Crippen molar-refractivity contribution >= 4 is 11.6 Å². The molecule has 0 unspecified atom stereocenters. The average molecular weight is 324 g/mol. The Morgan fingerprint density at radius 1 is 1.30 bits per heavy atom. The van der Waals surface area contributed by atoms with E-state index < -0.39 is 6.10 Å². The van der Waals surface area contributed by atoms with Crippen LogP contribution >= 0.6 is 0 Å². The average Bonchev–Trinajstić information content (AvgIpc) is 2.51. The lowest BCUT2D eigenvalue weighted by Gasteiger charge is -2.24. The van der Waals surface area contributed by atoms with E-state index in [4.69, 9.17) is 9.84 Å². The van der Waals surface area contributed by atoms with Gasteiger partial charge < -0.3 is 20.3 Å². The Labute approximate surface area is 138 Å². The van der Waals surface area contributed by atoms with E-state index in [0.717, 1.165) is 19.4 Å². The van der Waals surface area contributed by atoms with Crippen molar-refractivity contribution < 1.29 is 19.7 Å². The quantitative estimate of drug-likeness (QED) is 0.574. The van der Waals surface area contributed by atoms with Crippen LogP contribution in [0.4, 0.5) is 5.69 Å². The number of aliphatic hydroxyl groups is 2. The summed E-state index contributed by atoms with van der Waals surface area (Å²) in [6.45, 7) is 5.74. The van der Waals surface area contributed by atoms with Gasteiger partial charge in [0.05, 0.1) is 6.61 Å². The third-order valence-electron chi connectivity index (χ3n) is 3.33. The van der Waals surface area contributed by atoms with Crippen LogP contribution < -0.4 is 10.1 Å². The lowest BCUT2D eigenvalue weighted by atomic mass is 10.2. The first-order valence-electron chi connectivity index (χ1n) is 8.07. The van der Waals surface area contributed by atoms with Gasteiger partial charge in [-0.1, -0.05) is 13.3 Å². The summed E-state index contributed by atoms with van der Waals surface area (Å²) in [5.74, 6) is 0.519. The number of carbonyl (C=O) groups excluding carboxylic acids is 1. The maximum atomic E-state index is 10.9. The first-order chi connectivity index (χ1) is 11.0. The maximum absolute atomic E-state index is 10.9. The van der Waals surface area contributed by atoms with Crippen LogP contribution in [0, 0.1) is 0 Å². The third kappa shape index (κ3) is 8.54. The largest absolute Gasteiger partial charge is 0.491 e. The van der Waals surface area contributed by atoms with Gasteiger partial charge in [-0.25, -0.2) is 0 Å². The number of carbonyl (C=O) groups is 1. The monoisotopic (exact) mass is 324 g/mol. The van der Waals surface area contributed by atoms with Crippen molar-refractivity contribution in [2.24, 2.45) is 0 Å². The Bertz CT molecular complexity index is 450. The summed E-state index contributed by atoms with van der Waals surface area (Å²) in [4.78, 5) is 13.0. The molecular weight excluding hydrogens is 296 g/mol. The van der Waals surface area contributed by atoms with E-state index in [0.29, 0.717) is 24.5 Å². The fourth-order valence-corrected chi connectivity index (χ4v) is 2.20. The first-order valence-corrected chi connectivity index (χ1v) is 8.07. The zero-order valence-corrected chi connectivity index (χ0v) is 14.0. The van der Waals surface area contributed by atoms with Crippen LogP contribution in [0.5, 0.6) is 5.75 Å². The minimum absolute atomic E-state index is 0.0852. The molecule has 0 spiro atoms. The van der Waals surface area contributed by atoms with Crippen LogP contribution in [-0.4, -0.2) is 60.0 Å². The molecule has 0 aliphatic heterocycles. The summed E-state index contributed by atoms with van der Waals surface area (Å²) in [5.41, 5.74) is 0.707. The fraction of sp³-hybridized carbons (Fsp3) is 0.588. The highest BCUT2D eigenvalue weighted by Crippen LogP contribution is 2.15. The number of ether oxygens (including phenoxy) is 1. The molecule has 0 bridgehead atoms. The summed E-state index contributed by atoms with van der Waals surface area (Å²) >= 11 is 0. The summed E-state index contributed by atoms with van der Waals surface area (Å²) in [5, 5.41) is 21.8. The molecule has 1 aromatic carbocycles.